The largest absolute Gasteiger partial charge is 0.481 e. The molecule has 0 bridgehead atoms. The molecule has 3 aromatic rings. The van der Waals surface area contributed by atoms with Crippen LogP contribution in [0.25, 0.3) is 0 Å². The highest BCUT2D eigenvalue weighted by Gasteiger charge is 2.10. The Morgan fingerprint density at radius 1 is 1.10 bits per heavy atom. The quantitative estimate of drug-likeness (QED) is 0.556. The topological polar surface area (TPSA) is 89.0 Å². The third-order valence-corrected chi connectivity index (χ3v) is 4.37. The van der Waals surface area contributed by atoms with Gasteiger partial charge < -0.3 is 15.4 Å². The second kappa shape index (κ2) is 8.97. The minimum atomic E-state index is -0.0388. The highest BCUT2D eigenvalue weighted by Crippen LogP contribution is 2.26. The molecular formula is C22H23N5O2. The van der Waals surface area contributed by atoms with Crippen LogP contribution in [0, 0.1) is 13.8 Å². The minimum Gasteiger partial charge on any atom is -0.481 e. The van der Waals surface area contributed by atoms with E-state index in [4.69, 9.17) is 4.74 Å². The molecule has 3 rings (SSSR count). The van der Waals surface area contributed by atoms with Crippen molar-refractivity contribution in [1.82, 2.24) is 15.0 Å². The second-order valence-electron chi connectivity index (χ2n) is 6.52. The SMILES string of the molecule is C=CC(=O)Cc1ccccc1Nc1nc(Nc2cc(OC)ncc2C)ncc1C. The molecule has 0 unspecified atom stereocenters. The van der Waals surface area contributed by atoms with Crippen LogP contribution >= 0.6 is 0 Å². The lowest BCUT2D eigenvalue weighted by Crippen LogP contribution is -2.06. The highest BCUT2D eigenvalue weighted by atomic mass is 16.5. The molecule has 2 heterocycles. The number of hydrogen-bond acceptors (Lipinski definition) is 7. The Balaban J connectivity index is 1.87. The summed E-state index contributed by atoms with van der Waals surface area (Å²) in [6.45, 7) is 7.40. The molecule has 0 atom stereocenters. The maximum Gasteiger partial charge on any atom is 0.229 e. The van der Waals surface area contributed by atoms with E-state index in [1.165, 1.54) is 6.08 Å². The number of methoxy groups -OCH3 is 1. The first-order chi connectivity index (χ1) is 14.0. The van der Waals surface area contributed by atoms with E-state index in [-0.39, 0.29) is 12.2 Å². The van der Waals surface area contributed by atoms with Gasteiger partial charge in [0, 0.05) is 36.1 Å². The molecule has 29 heavy (non-hydrogen) atoms. The number of nitrogens with zero attached hydrogens (tertiary/aromatic N) is 3. The number of hydrogen-bond donors (Lipinski definition) is 2. The van der Waals surface area contributed by atoms with Gasteiger partial charge in [0.2, 0.25) is 11.8 Å². The fourth-order valence-corrected chi connectivity index (χ4v) is 2.68. The number of pyridine rings is 1. The standard InChI is InChI=1S/C22H23N5O2/c1-5-17(28)10-16-8-6-7-9-18(16)25-21-15(3)13-24-22(27-21)26-19-11-20(29-4)23-12-14(19)2/h5-9,11-13H,1,10H2,2-4H3,(H2,23,24,25,26,27). The van der Waals surface area contributed by atoms with Crippen molar-refractivity contribution in [3.05, 3.63) is 72.1 Å². The van der Waals surface area contributed by atoms with E-state index in [9.17, 15) is 4.79 Å². The first-order valence-corrected chi connectivity index (χ1v) is 9.11. The Hall–Kier alpha value is -3.74. The molecular weight excluding hydrogens is 366 g/mol. The Labute approximate surface area is 169 Å². The van der Waals surface area contributed by atoms with Crippen LogP contribution in [-0.4, -0.2) is 27.8 Å². The van der Waals surface area contributed by atoms with Crippen LogP contribution in [0.3, 0.4) is 0 Å². The first-order valence-electron chi connectivity index (χ1n) is 9.11. The van der Waals surface area contributed by atoms with Crippen molar-refractivity contribution in [2.75, 3.05) is 17.7 Å². The van der Waals surface area contributed by atoms with E-state index in [1.807, 2.05) is 38.1 Å². The molecule has 2 aromatic heterocycles. The Kier molecular flexibility index (Phi) is 6.19. The van der Waals surface area contributed by atoms with Gasteiger partial charge in [-0.2, -0.15) is 4.98 Å². The Morgan fingerprint density at radius 2 is 1.86 bits per heavy atom. The molecule has 7 nitrogen and oxygen atoms in total. The zero-order valence-electron chi connectivity index (χ0n) is 16.7. The van der Waals surface area contributed by atoms with Crippen LogP contribution in [-0.2, 0) is 11.2 Å². The maximum atomic E-state index is 11.8. The first kappa shape index (κ1) is 20.0. The number of carbonyl (C=O) groups excluding carboxylic acids is 1. The summed E-state index contributed by atoms with van der Waals surface area (Å²) in [6.07, 6.45) is 5.07. The lowest BCUT2D eigenvalue weighted by molar-refractivity contribution is -0.114. The van der Waals surface area contributed by atoms with E-state index in [2.05, 4.69) is 32.2 Å². The molecule has 1 aromatic carbocycles. The third kappa shape index (κ3) is 4.95. The molecule has 0 amide bonds. The summed E-state index contributed by atoms with van der Waals surface area (Å²) >= 11 is 0. The van der Waals surface area contributed by atoms with E-state index in [0.717, 1.165) is 28.1 Å². The summed E-state index contributed by atoms with van der Waals surface area (Å²) in [5.41, 5.74) is 4.32. The normalized spacial score (nSPS) is 10.3. The minimum absolute atomic E-state index is 0.0388. The van der Waals surface area contributed by atoms with Crippen LogP contribution < -0.4 is 15.4 Å². The Morgan fingerprint density at radius 3 is 2.62 bits per heavy atom. The van der Waals surface area contributed by atoms with Gasteiger partial charge in [0.05, 0.1) is 12.8 Å². The van der Waals surface area contributed by atoms with Crippen molar-refractivity contribution >= 4 is 28.9 Å². The molecule has 0 aliphatic rings. The van der Waals surface area contributed by atoms with Crippen molar-refractivity contribution in [3.63, 3.8) is 0 Å². The van der Waals surface area contributed by atoms with Crippen molar-refractivity contribution in [2.24, 2.45) is 0 Å². The van der Waals surface area contributed by atoms with Gasteiger partial charge in [-0.1, -0.05) is 24.8 Å². The van der Waals surface area contributed by atoms with Crippen molar-refractivity contribution in [1.29, 1.82) is 0 Å². The number of ketones is 1. The second-order valence-corrected chi connectivity index (χ2v) is 6.52. The van der Waals surface area contributed by atoms with Crippen molar-refractivity contribution in [2.45, 2.75) is 20.3 Å². The highest BCUT2D eigenvalue weighted by molar-refractivity contribution is 5.92. The van der Waals surface area contributed by atoms with Gasteiger partial charge in [0.25, 0.3) is 0 Å². The number of nitrogens with one attached hydrogen (secondary N) is 2. The van der Waals surface area contributed by atoms with Gasteiger partial charge in [-0.25, -0.2) is 9.97 Å². The van der Waals surface area contributed by atoms with Gasteiger partial charge in [-0.3, -0.25) is 4.79 Å². The summed E-state index contributed by atoms with van der Waals surface area (Å²) in [4.78, 5) is 24.9. The molecule has 0 saturated heterocycles. The van der Waals surface area contributed by atoms with Crippen LogP contribution in [0.2, 0.25) is 0 Å². The summed E-state index contributed by atoms with van der Waals surface area (Å²) in [5.74, 6) is 1.56. The molecule has 0 radical (unpaired) electrons. The van der Waals surface area contributed by atoms with Crippen molar-refractivity contribution < 1.29 is 9.53 Å². The van der Waals surface area contributed by atoms with Gasteiger partial charge in [-0.05, 0) is 37.1 Å². The number of allylic oxidation sites excluding steroid dienone is 1. The molecule has 2 N–H and O–H groups in total. The van der Waals surface area contributed by atoms with Crippen molar-refractivity contribution in [3.8, 4) is 5.88 Å². The number of anilines is 4. The molecule has 7 heteroatoms. The lowest BCUT2D eigenvalue weighted by atomic mass is 10.1. The van der Waals surface area contributed by atoms with Crippen LogP contribution in [0.5, 0.6) is 5.88 Å². The number of aromatic nitrogens is 3. The number of ether oxygens (including phenoxy) is 1. The summed E-state index contributed by atoms with van der Waals surface area (Å²) in [6, 6.07) is 9.43. The van der Waals surface area contributed by atoms with Gasteiger partial charge >= 0.3 is 0 Å². The lowest BCUT2D eigenvalue weighted by Gasteiger charge is -2.14. The maximum absolute atomic E-state index is 11.8. The summed E-state index contributed by atoms with van der Waals surface area (Å²) in [7, 11) is 1.57. The van der Waals surface area contributed by atoms with Gasteiger partial charge in [-0.15, -0.1) is 0 Å². The fraction of sp³-hybridized carbons (Fsp3) is 0.182. The van der Waals surface area contributed by atoms with Gasteiger partial charge in [0.1, 0.15) is 5.82 Å². The molecule has 0 fully saturated rings. The van der Waals surface area contributed by atoms with E-state index < -0.39 is 0 Å². The van der Waals surface area contributed by atoms with E-state index in [1.54, 1.807) is 25.6 Å². The molecule has 0 spiro atoms. The summed E-state index contributed by atoms with van der Waals surface area (Å²) in [5, 5.41) is 6.53. The number of carbonyl (C=O) groups is 1. The van der Waals surface area contributed by atoms with E-state index >= 15 is 0 Å². The average Bonchev–Trinajstić information content (AvgIpc) is 2.73. The molecule has 0 aliphatic heterocycles. The number of aryl methyl sites for hydroxylation is 2. The monoisotopic (exact) mass is 389 g/mol. The average molecular weight is 389 g/mol. The zero-order chi connectivity index (χ0) is 20.8. The van der Waals surface area contributed by atoms with E-state index in [0.29, 0.717) is 17.6 Å². The Bertz CT molecular complexity index is 1050. The van der Waals surface area contributed by atoms with Crippen LogP contribution in [0.15, 0.2) is 55.4 Å². The zero-order valence-corrected chi connectivity index (χ0v) is 16.7. The summed E-state index contributed by atoms with van der Waals surface area (Å²) < 4.78 is 5.18. The smallest absolute Gasteiger partial charge is 0.229 e. The number of para-hydroxylation sites is 1. The number of benzene rings is 1. The predicted octanol–water partition coefficient (Wildman–Crippen LogP) is 4.28. The third-order valence-electron chi connectivity index (χ3n) is 4.37. The van der Waals surface area contributed by atoms with Crippen LogP contribution in [0.4, 0.5) is 23.1 Å². The molecule has 0 saturated carbocycles. The molecule has 148 valence electrons. The molecule has 0 aliphatic carbocycles. The fourth-order valence-electron chi connectivity index (χ4n) is 2.68. The van der Waals surface area contributed by atoms with Crippen LogP contribution in [0.1, 0.15) is 16.7 Å². The predicted molar refractivity (Wildman–Crippen MR) is 114 cm³/mol. The van der Waals surface area contributed by atoms with Gasteiger partial charge in [0.15, 0.2) is 5.78 Å². The number of rotatable bonds is 8.